The number of amides is 1. The van der Waals surface area contributed by atoms with E-state index in [2.05, 4.69) is 15.5 Å². The van der Waals surface area contributed by atoms with Gasteiger partial charge in [-0.3, -0.25) is 4.79 Å². The molecular formula is C22H26N4O3S. The number of aryl methyl sites for hydroxylation is 1. The number of ether oxygens (including phenoxy) is 2. The van der Waals surface area contributed by atoms with Gasteiger partial charge in [0.1, 0.15) is 6.61 Å². The molecule has 0 saturated carbocycles. The maximum atomic E-state index is 12.3. The Morgan fingerprint density at radius 2 is 1.93 bits per heavy atom. The second-order valence-corrected chi connectivity index (χ2v) is 7.83. The summed E-state index contributed by atoms with van der Waals surface area (Å²) in [6.45, 7) is 4.21. The molecule has 0 saturated heterocycles. The first-order valence-electron chi connectivity index (χ1n) is 9.60. The highest BCUT2D eigenvalue weighted by atomic mass is 32.2. The molecule has 8 heteroatoms. The van der Waals surface area contributed by atoms with Crippen molar-refractivity contribution in [2.45, 2.75) is 31.7 Å². The third-order valence-electron chi connectivity index (χ3n) is 4.61. The van der Waals surface area contributed by atoms with Gasteiger partial charge in [0.15, 0.2) is 22.5 Å². The molecule has 1 atom stereocenters. The van der Waals surface area contributed by atoms with Crippen LogP contribution >= 0.6 is 11.8 Å². The highest BCUT2D eigenvalue weighted by Gasteiger charge is 2.14. The fourth-order valence-corrected chi connectivity index (χ4v) is 3.61. The van der Waals surface area contributed by atoms with Crippen molar-refractivity contribution in [3.05, 3.63) is 65.5 Å². The number of hydrogen-bond donors (Lipinski definition) is 1. The van der Waals surface area contributed by atoms with E-state index in [-0.39, 0.29) is 24.3 Å². The van der Waals surface area contributed by atoms with Gasteiger partial charge < -0.3 is 19.4 Å². The van der Waals surface area contributed by atoms with E-state index < -0.39 is 0 Å². The average Bonchev–Trinajstić information content (AvgIpc) is 3.11. The number of aromatic nitrogens is 3. The van der Waals surface area contributed by atoms with E-state index in [1.54, 1.807) is 7.11 Å². The molecular weight excluding hydrogens is 400 g/mol. The van der Waals surface area contributed by atoms with Crippen molar-refractivity contribution in [3.63, 3.8) is 0 Å². The molecule has 1 N–H and O–H groups in total. The fraction of sp³-hybridized carbons (Fsp3) is 0.318. The van der Waals surface area contributed by atoms with Gasteiger partial charge in [-0.2, -0.15) is 0 Å². The van der Waals surface area contributed by atoms with E-state index in [1.807, 2.05) is 74.0 Å². The van der Waals surface area contributed by atoms with Crippen molar-refractivity contribution in [1.82, 2.24) is 20.1 Å². The molecule has 1 heterocycles. The second-order valence-electron chi connectivity index (χ2n) is 6.89. The fourth-order valence-electron chi connectivity index (χ4n) is 2.87. The summed E-state index contributed by atoms with van der Waals surface area (Å²) in [5, 5.41) is 12.0. The second kappa shape index (κ2) is 10.2. The number of thioether (sulfide) groups is 1. The molecule has 0 bridgehead atoms. The molecule has 3 rings (SSSR count). The van der Waals surface area contributed by atoms with Gasteiger partial charge in [-0.25, -0.2) is 0 Å². The predicted octanol–water partition coefficient (Wildman–Crippen LogP) is 3.68. The van der Waals surface area contributed by atoms with Crippen LogP contribution in [0.2, 0.25) is 0 Å². The standard InChI is InChI=1S/C22H26N4O3S/c1-15-10-11-18(19(12-15)28-4)29-13-20-24-25-22(26(20)3)30-14-21(27)23-16(2)17-8-6-5-7-9-17/h5-12,16H,13-14H2,1-4H3,(H,23,27)/t16-/m1/s1. The Kier molecular flexibility index (Phi) is 7.35. The third kappa shape index (κ3) is 5.54. The number of nitrogens with one attached hydrogen (secondary N) is 1. The van der Waals surface area contributed by atoms with Crippen molar-refractivity contribution in [2.24, 2.45) is 7.05 Å². The third-order valence-corrected chi connectivity index (χ3v) is 5.63. The lowest BCUT2D eigenvalue weighted by atomic mass is 10.1. The highest BCUT2D eigenvalue weighted by Crippen LogP contribution is 2.28. The zero-order chi connectivity index (χ0) is 21.5. The first kappa shape index (κ1) is 21.7. The Morgan fingerprint density at radius 1 is 1.17 bits per heavy atom. The van der Waals surface area contributed by atoms with Gasteiger partial charge in [-0.05, 0) is 37.1 Å². The topological polar surface area (TPSA) is 78.3 Å². The van der Waals surface area contributed by atoms with E-state index in [1.165, 1.54) is 11.8 Å². The van der Waals surface area contributed by atoms with E-state index in [9.17, 15) is 4.79 Å². The van der Waals surface area contributed by atoms with Gasteiger partial charge in [0.25, 0.3) is 0 Å². The summed E-state index contributed by atoms with van der Waals surface area (Å²) in [4.78, 5) is 12.3. The molecule has 7 nitrogen and oxygen atoms in total. The Morgan fingerprint density at radius 3 is 2.67 bits per heavy atom. The Bertz CT molecular complexity index is 991. The summed E-state index contributed by atoms with van der Waals surface area (Å²) < 4.78 is 13.0. The van der Waals surface area contributed by atoms with Crippen molar-refractivity contribution < 1.29 is 14.3 Å². The largest absolute Gasteiger partial charge is 0.493 e. The summed E-state index contributed by atoms with van der Waals surface area (Å²) >= 11 is 1.34. The van der Waals surface area contributed by atoms with Crippen molar-refractivity contribution in [3.8, 4) is 11.5 Å². The van der Waals surface area contributed by atoms with Crippen LogP contribution in [0.5, 0.6) is 11.5 Å². The molecule has 0 aliphatic carbocycles. The van der Waals surface area contributed by atoms with Crippen LogP contribution in [0.25, 0.3) is 0 Å². The van der Waals surface area contributed by atoms with Gasteiger partial charge in [-0.15, -0.1) is 10.2 Å². The minimum absolute atomic E-state index is 0.0488. The first-order chi connectivity index (χ1) is 14.5. The molecule has 1 amide bonds. The molecule has 0 aliphatic heterocycles. The van der Waals surface area contributed by atoms with Gasteiger partial charge >= 0.3 is 0 Å². The lowest BCUT2D eigenvalue weighted by Crippen LogP contribution is -2.28. The van der Waals surface area contributed by atoms with Crippen LogP contribution in [0.15, 0.2) is 53.7 Å². The number of hydrogen-bond acceptors (Lipinski definition) is 6. The quantitative estimate of drug-likeness (QED) is 0.526. The molecule has 0 radical (unpaired) electrons. The molecule has 1 aromatic heterocycles. The van der Waals surface area contributed by atoms with E-state index in [4.69, 9.17) is 9.47 Å². The van der Waals surface area contributed by atoms with E-state index in [0.717, 1.165) is 11.1 Å². The van der Waals surface area contributed by atoms with E-state index >= 15 is 0 Å². The average molecular weight is 427 g/mol. The van der Waals surface area contributed by atoms with E-state index in [0.29, 0.717) is 22.5 Å². The normalized spacial score (nSPS) is 11.7. The predicted molar refractivity (Wildman–Crippen MR) is 117 cm³/mol. The Balaban J connectivity index is 1.53. The monoisotopic (exact) mass is 426 g/mol. The van der Waals surface area contributed by atoms with Gasteiger partial charge in [-0.1, -0.05) is 48.2 Å². The van der Waals surface area contributed by atoms with Crippen LogP contribution in [-0.2, 0) is 18.4 Å². The summed E-state index contributed by atoms with van der Waals surface area (Å²) in [5.41, 5.74) is 2.16. The first-order valence-corrected chi connectivity index (χ1v) is 10.6. The Labute approximate surface area is 180 Å². The molecule has 0 spiro atoms. The molecule has 3 aromatic rings. The maximum absolute atomic E-state index is 12.3. The minimum Gasteiger partial charge on any atom is -0.493 e. The zero-order valence-corrected chi connectivity index (χ0v) is 18.4. The number of carbonyl (C=O) groups is 1. The Hall–Kier alpha value is -3.00. The van der Waals surface area contributed by atoms with Crippen molar-refractivity contribution in [1.29, 1.82) is 0 Å². The van der Waals surface area contributed by atoms with Crippen LogP contribution in [0.3, 0.4) is 0 Å². The molecule has 30 heavy (non-hydrogen) atoms. The number of carbonyl (C=O) groups excluding carboxylic acids is 1. The van der Waals surface area contributed by atoms with Crippen LogP contribution < -0.4 is 14.8 Å². The molecule has 0 aliphatic rings. The van der Waals surface area contributed by atoms with Crippen LogP contribution in [0.4, 0.5) is 0 Å². The molecule has 0 unspecified atom stereocenters. The van der Waals surface area contributed by atoms with Crippen LogP contribution in [0, 0.1) is 6.92 Å². The van der Waals surface area contributed by atoms with Crippen LogP contribution in [-0.4, -0.2) is 33.5 Å². The van der Waals surface area contributed by atoms with Crippen molar-refractivity contribution >= 4 is 17.7 Å². The highest BCUT2D eigenvalue weighted by molar-refractivity contribution is 7.99. The maximum Gasteiger partial charge on any atom is 0.230 e. The number of benzene rings is 2. The lowest BCUT2D eigenvalue weighted by molar-refractivity contribution is -0.119. The van der Waals surface area contributed by atoms with Gasteiger partial charge in [0.2, 0.25) is 5.91 Å². The molecule has 0 fully saturated rings. The lowest BCUT2D eigenvalue weighted by Gasteiger charge is -2.14. The summed E-state index contributed by atoms with van der Waals surface area (Å²) in [6.07, 6.45) is 0. The summed E-state index contributed by atoms with van der Waals surface area (Å²) in [7, 11) is 3.47. The molecule has 2 aromatic carbocycles. The number of nitrogens with zero attached hydrogens (tertiary/aromatic N) is 3. The number of methoxy groups -OCH3 is 1. The van der Waals surface area contributed by atoms with Crippen LogP contribution in [0.1, 0.15) is 29.9 Å². The van der Waals surface area contributed by atoms with Gasteiger partial charge in [0.05, 0.1) is 18.9 Å². The SMILES string of the molecule is COc1cc(C)ccc1OCc1nnc(SCC(=O)N[C@H](C)c2ccccc2)n1C. The molecule has 158 valence electrons. The van der Waals surface area contributed by atoms with Crippen molar-refractivity contribution in [2.75, 3.05) is 12.9 Å². The zero-order valence-electron chi connectivity index (χ0n) is 17.6. The smallest absolute Gasteiger partial charge is 0.230 e. The van der Waals surface area contributed by atoms with Gasteiger partial charge in [0, 0.05) is 7.05 Å². The minimum atomic E-state index is -0.0541. The number of rotatable bonds is 9. The summed E-state index contributed by atoms with van der Waals surface area (Å²) in [6, 6.07) is 15.6. The summed E-state index contributed by atoms with van der Waals surface area (Å²) in [5.74, 6) is 2.20.